The van der Waals surface area contributed by atoms with Crippen LogP contribution in [0.4, 0.5) is 5.69 Å². The quantitative estimate of drug-likeness (QED) is 0.857. The van der Waals surface area contributed by atoms with Crippen LogP contribution in [0.3, 0.4) is 0 Å². The molecule has 2 aliphatic rings. The van der Waals surface area contributed by atoms with E-state index >= 15 is 0 Å². The third kappa shape index (κ3) is 2.85. The molecular weight excluding hydrogens is 254 g/mol. The molecule has 1 aromatic rings. The second kappa shape index (κ2) is 5.91. The van der Waals surface area contributed by atoms with E-state index in [0.29, 0.717) is 0 Å². The molecule has 0 bridgehead atoms. The van der Waals surface area contributed by atoms with Crippen LogP contribution < -0.4 is 10.6 Å². The SMILES string of the molecule is Cc1ccc2c(c1)C(NCCN1CCOCC1)C(=O)N2. The van der Waals surface area contributed by atoms with Gasteiger partial charge in [-0.15, -0.1) is 0 Å². The second-order valence-corrected chi connectivity index (χ2v) is 5.42. The van der Waals surface area contributed by atoms with Gasteiger partial charge in [-0.3, -0.25) is 9.69 Å². The smallest absolute Gasteiger partial charge is 0.246 e. The van der Waals surface area contributed by atoms with E-state index in [9.17, 15) is 4.79 Å². The fourth-order valence-corrected chi connectivity index (χ4v) is 2.78. The van der Waals surface area contributed by atoms with E-state index < -0.39 is 0 Å². The first-order valence-corrected chi connectivity index (χ1v) is 7.19. The number of rotatable bonds is 4. The number of aryl methyl sites for hydroxylation is 1. The van der Waals surface area contributed by atoms with Gasteiger partial charge in [-0.25, -0.2) is 0 Å². The Bertz CT molecular complexity index is 498. The van der Waals surface area contributed by atoms with E-state index in [1.54, 1.807) is 0 Å². The van der Waals surface area contributed by atoms with Crippen molar-refractivity contribution >= 4 is 11.6 Å². The highest BCUT2D eigenvalue weighted by Crippen LogP contribution is 2.31. The van der Waals surface area contributed by atoms with Gasteiger partial charge in [0, 0.05) is 37.4 Å². The van der Waals surface area contributed by atoms with Crippen LogP contribution in [0.1, 0.15) is 17.2 Å². The minimum atomic E-state index is -0.217. The van der Waals surface area contributed by atoms with Crippen LogP contribution in [-0.2, 0) is 9.53 Å². The lowest BCUT2D eigenvalue weighted by Crippen LogP contribution is -2.41. The number of carbonyl (C=O) groups is 1. The van der Waals surface area contributed by atoms with Crippen LogP contribution in [0.25, 0.3) is 0 Å². The van der Waals surface area contributed by atoms with E-state index in [-0.39, 0.29) is 11.9 Å². The molecule has 5 nitrogen and oxygen atoms in total. The molecule has 1 amide bonds. The number of hydrogen-bond donors (Lipinski definition) is 2. The molecule has 0 radical (unpaired) electrons. The molecule has 0 saturated carbocycles. The lowest BCUT2D eigenvalue weighted by molar-refractivity contribution is -0.117. The Morgan fingerprint density at radius 3 is 3.00 bits per heavy atom. The third-order valence-electron chi connectivity index (χ3n) is 3.92. The Kier molecular flexibility index (Phi) is 4.00. The van der Waals surface area contributed by atoms with Crippen LogP contribution in [0.15, 0.2) is 18.2 Å². The van der Waals surface area contributed by atoms with Gasteiger partial charge < -0.3 is 15.4 Å². The summed E-state index contributed by atoms with van der Waals surface area (Å²) >= 11 is 0. The summed E-state index contributed by atoms with van der Waals surface area (Å²) in [6, 6.07) is 5.87. The Morgan fingerprint density at radius 1 is 1.40 bits per heavy atom. The summed E-state index contributed by atoms with van der Waals surface area (Å²) < 4.78 is 5.33. The van der Waals surface area contributed by atoms with Crippen molar-refractivity contribution in [3.05, 3.63) is 29.3 Å². The highest BCUT2D eigenvalue weighted by atomic mass is 16.5. The number of nitrogens with one attached hydrogen (secondary N) is 2. The average molecular weight is 275 g/mol. The fourth-order valence-electron chi connectivity index (χ4n) is 2.78. The van der Waals surface area contributed by atoms with Crippen LogP contribution in [0.5, 0.6) is 0 Å². The number of nitrogens with zero attached hydrogens (tertiary/aromatic N) is 1. The summed E-state index contributed by atoms with van der Waals surface area (Å²) in [5.41, 5.74) is 3.18. The van der Waals surface area contributed by atoms with Crippen molar-refractivity contribution in [2.75, 3.05) is 44.7 Å². The van der Waals surface area contributed by atoms with Gasteiger partial charge in [0.05, 0.1) is 13.2 Å². The van der Waals surface area contributed by atoms with Crippen molar-refractivity contribution in [3.63, 3.8) is 0 Å². The molecule has 1 fully saturated rings. The number of morpholine rings is 1. The summed E-state index contributed by atoms with van der Waals surface area (Å²) in [4.78, 5) is 14.4. The normalized spacial score (nSPS) is 22.6. The molecular formula is C15H21N3O2. The molecule has 3 rings (SSSR count). The first kappa shape index (κ1) is 13.5. The fraction of sp³-hybridized carbons (Fsp3) is 0.533. The maximum atomic E-state index is 12.0. The molecule has 0 aromatic heterocycles. The van der Waals surface area contributed by atoms with Crippen LogP contribution in [0.2, 0.25) is 0 Å². The highest BCUT2D eigenvalue weighted by Gasteiger charge is 2.29. The Hall–Kier alpha value is -1.43. The molecule has 2 heterocycles. The minimum absolute atomic E-state index is 0.0487. The number of amides is 1. The Labute approximate surface area is 119 Å². The van der Waals surface area contributed by atoms with Crippen molar-refractivity contribution in [2.45, 2.75) is 13.0 Å². The van der Waals surface area contributed by atoms with Gasteiger partial charge in [0.1, 0.15) is 6.04 Å². The highest BCUT2D eigenvalue weighted by molar-refractivity contribution is 6.02. The largest absolute Gasteiger partial charge is 0.379 e. The molecule has 1 unspecified atom stereocenters. The summed E-state index contributed by atoms with van der Waals surface area (Å²) in [6.07, 6.45) is 0. The Balaban J connectivity index is 1.57. The number of carbonyl (C=O) groups excluding carboxylic acids is 1. The molecule has 1 saturated heterocycles. The molecule has 2 aliphatic heterocycles. The van der Waals surface area contributed by atoms with E-state index in [1.807, 2.05) is 19.1 Å². The number of hydrogen-bond acceptors (Lipinski definition) is 4. The lowest BCUT2D eigenvalue weighted by Gasteiger charge is -2.27. The number of benzene rings is 1. The van der Waals surface area contributed by atoms with E-state index in [2.05, 4.69) is 21.6 Å². The summed E-state index contributed by atoms with van der Waals surface area (Å²) in [5.74, 6) is 0.0487. The maximum absolute atomic E-state index is 12.0. The summed E-state index contributed by atoms with van der Waals surface area (Å²) in [7, 11) is 0. The van der Waals surface area contributed by atoms with E-state index in [0.717, 1.165) is 50.6 Å². The topological polar surface area (TPSA) is 53.6 Å². The average Bonchev–Trinajstić information content (AvgIpc) is 2.76. The predicted octanol–water partition coefficient (Wildman–Crippen LogP) is 0.910. The zero-order chi connectivity index (χ0) is 13.9. The van der Waals surface area contributed by atoms with Crippen molar-refractivity contribution in [2.24, 2.45) is 0 Å². The van der Waals surface area contributed by atoms with Gasteiger partial charge in [-0.1, -0.05) is 17.7 Å². The monoisotopic (exact) mass is 275 g/mol. The second-order valence-electron chi connectivity index (χ2n) is 5.42. The van der Waals surface area contributed by atoms with E-state index in [1.165, 1.54) is 5.56 Å². The van der Waals surface area contributed by atoms with Crippen LogP contribution in [-0.4, -0.2) is 50.2 Å². The predicted molar refractivity (Wildman–Crippen MR) is 77.8 cm³/mol. The maximum Gasteiger partial charge on any atom is 0.246 e. The van der Waals surface area contributed by atoms with Crippen molar-refractivity contribution in [1.29, 1.82) is 0 Å². The molecule has 20 heavy (non-hydrogen) atoms. The molecule has 1 atom stereocenters. The van der Waals surface area contributed by atoms with Gasteiger partial charge >= 0.3 is 0 Å². The Morgan fingerprint density at radius 2 is 2.20 bits per heavy atom. The van der Waals surface area contributed by atoms with Crippen LogP contribution >= 0.6 is 0 Å². The third-order valence-corrected chi connectivity index (χ3v) is 3.92. The first-order valence-electron chi connectivity index (χ1n) is 7.19. The van der Waals surface area contributed by atoms with E-state index in [4.69, 9.17) is 4.74 Å². The van der Waals surface area contributed by atoms with Gasteiger partial charge in [0.25, 0.3) is 0 Å². The number of anilines is 1. The number of fused-ring (bicyclic) bond motifs is 1. The van der Waals surface area contributed by atoms with Gasteiger partial charge in [-0.2, -0.15) is 0 Å². The molecule has 5 heteroatoms. The van der Waals surface area contributed by atoms with Gasteiger partial charge in [-0.05, 0) is 13.0 Å². The molecule has 0 spiro atoms. The van der Waals surface area contributed by atoms with Gasteiger partial charge in [0.15, 0.2) is 0 Å². The van der Waals surface area contributed by atoms with Crippen molar-refractivity contribution in [3.8, 4) is 0 Å². The standard InChI is InChI=1S/C15H21N3O2/c1-11-2-3-13-12(10-11)14(15(19)17-13)16-4-5-18-6-8-20-9-7-18/h2-3,10,14,16H,4-9H2,1H3,(H,17,19). The zero-order valence-electron chi connectivity index (χ0n) is 11.8. The molecule has 2 N–H and O–H groups in total. The molecule has 0 aliphatic carbocycles. The first-order chi connectivity index (χ1) is 9.74. The van der Waals surface area contributed by atoms with Gasteiger partial charge in [0.2, 0.25) is 5.91 Å². The zero-order valence-corrected chi connectivity index (χ0v) is 11.8. The number of ether oxygens (including phenoxy) is 1. The molecule has 1 aromatic carbocycles. The van der Waals surface area contributed by atoms with Crippen molar-refractivity contribution in [1.82, 2.24) is 10.2 Å². The minimum Gasteiger partial charge on any atom is -0.379 e. The molecule has 108 valence electrons. The summed E-state index contributed by atoms with van der Waals surface area (Å²) in [5, 5.41) is 6.30. The lowest BCUT2D eigenvalue weighted by atomic mass is 10.1. The summed E-state index contributed by atoms with van der Waals surface area (Å²) in [6.45, 7) is 7.40. The van der Waals surface area contributed by atoms with Crippen LogP contribution in [0, 0.1) is 6.92 Å². The van der Waals surface area contributed by atoms with Crippen molar-refractivity contribution < 1.29 is 9.53 Å².